The summed E-state index contributed by atoms with van der Waals surface area (Å²) in [6.07, 6.45) is 0. The highest BCUT2D eigenvalue weighted by atomic mass is 79.9. The molecule has 6 heteroatoms. The van der Waals surface area contributed by atoms with E-state index in [0.29, 0.717) is 4.90 Å². The summed E-state index contributed by atoms with van der Waals surface area (Å²) in [6, 6.07) is 12.7. The number of nitrogens with zero attached hydrogens (tertiary/aromatic N) is 1. The van der Waals surface area contributed by atoms with Crippen LogP contribution in [0.2, 0.25) is 0 Å². The third kappa shape index (κ3) is 3.59. The molecule has 1 N–H and O–H groups in total. The molecule has 0 amide bonds. The van der Waals surface area contributed by atoms with Crippen LogP contribution in [-0.2, 0) is 6.54 Å². The van der Waals surface area contributed by atoms with E-state index in [2.05, 4.69) is 21.2 Å². The number of hydrogen-bond donors (Lipinski definition) is 1. The molecule has 0 aliphatic heterocycles. The summed E-state index contributed by atoms with van der Waals surface area (Å²) in [5.74, 6) is 0. The molecule has 4 nitrogen and oxygen atoms in total. The largest absolute Gasteiger partial charge is 0.316 e. The minimum atomic E-state index is -0.354. The van der Waals surface area contributed by atoms with Gasteiger partial charge in [-0.3, -0.25) is 10.1 Å². The lowest BCUT2D eigenvalue weighted by atomic mass is 10.2. The summed E-state index contributed by atoms with van der Waals surface area (Å²) in [4.78, 5) is 12.2. The summed E-state index contributed by atoms with van der Waals surface area (Å²) in [5, 5.41) is 14.1. The van der Waals surface area contributed by atoms with Crippen molar-refractivity contribution in [3.63, 3.8) is 0 Å². The van der Waals surface area contributed by atoms with Gasteiger partial charge in [0.2, 0.25) is 0 Å². The van der Waals surface area contributed by atoms with Gasteiger partial charge in [0, 0.05) is 22.0 Å². The summed E-state index contributed by atoms with van der Waals surface area (Å²) in [5.41, 5.74) is 1.28. The highest BCUT2D eigenvalue weighted by molar-refractivity contribution is 9.10. The number of hydrogen-bond acceptors (Lipinski definition) is 4. The van der Waals surface area contributed by atoms with Crippen molar-refractivity contribution in [1.82, 2.24) is 5.32 Å². The molecule has 0 aliphatic carbocycles. The normalized spacial score (nSPS) is 10.5. The maximum Gasteiger partial charge on any atom is 0.283 e. The molecule has 2 rings (SSSR count). The van der Waals surface area contributed by atoms with Crippen LogP contribution in [0.1, 0.15) is 5.56 Å². The van der Waals surface area contributed by atoms with Crippen molar-refractivity contribution in [2.45, 2.75) is 16.3 Å². The van der Waals surface area contributed by atoms with Gasteiger partial charge < -0.3 is 5.32 Å². The molecular weight excluding hydrogens is 340 g/mol. The molecule has 0 saturated heterocycles. The smallest absolute Gasteiger partial charge is 0.283 e. The third-order valence-corrected chi connectivity index (χ3v) is 4.47. The Morgan fingerprint density at radius 1 is 1.30 bits per heavy atom. The van der Waals surface area contributed by atoms with Gasteiger partial charge in [0.1, 0.15) is 0 Å². The monoisotopic (exact) mass is 352 g/mol. The second-order valence-corrected chi connectivity index (χ2v) is 6.08. The predicted octanol–water partition coefficient (Wildman–Crippen LogP) is 4.23. The summed E-state index contributed by atoms with van der Waals surface area (Å²) >= 11 is 4.91. The minimum absolute atomic E-state index is 0.132. The van der Waals surface area contributed by atoms with Gasteiger partial charge >= 0.3 is 0 Å². The Morgan fingerprint density at radius 3 is 2.70 bits per heavy atom. The SMILES string of the molecule is CNCc1ccc(Sc2ccccc2[N+](=O)[O-])cc1Br. The van der Waals surface area contributed by atoms with Gasteiger partial charge in [0.15, 0.2) is 0 Å². The molecule has 2 aromatic rings. The Labute approximate surface area is 129 Å². The van der Waals surface area contributed by atoms with E-state index in [-0.39, 0.29) is 10.6 Å². The van der Waals surface area contributed by atoms with Gasteiger partial charge in [-0.25, -0.2) is 0 Å². The fourth-order valence-corrected chi connectivity index (χ4v) is 3.38. The van der Waals surface area contributed by atoms with Gasteiger partial charge in [0.05, 0.1) is 9.82 Å². The number of para-hydroxylation sites is 1. The van der Waals surface area contributed by atoms with Crippen LogP contribution < -0.4 is 5.32 Å². The molecule has 0 saturated carbocycles. The molecule has 0 heterocycles. The molecular formula is C14H13BrN2O2S. The van der Waals surface area contributed by atoms with Crippen LogP contribution in [0.15, 0.2) is 56.7 Å². The van der Waals surface area contributed by atoms with E-state index in [0.717, 1.165) is 21.5 Å². The van der Waals surface area contributed by atoms with E-state index in [9.17, 15) is 10.1 Å². The Bertz CT molecular complexity index is 634. The van der Waals surface area contributed by atoms with Crippen molar-refractivity contribution in [3.05, 3.63) is 62.6 Å². The number of nitro groups is 1. The predicted molar refractivity (Wildman–Crippen MR) is 84.1 cm³/mol. The third-order valence-electron chi connectivity index (χ3n) is 2.68. The zero-order valence-electron chi connectivity index (χ0n) is 10.8. The maximum atomic E-state index is 11.0. The molecule has 0 fully saturated rings. The van der Waals surface area contributed by atoms with Crippen molar-refractivity contribution in [3.8, 4) is 0 Å². The van der Waals surface area contributed by atoms with Crippen molar-refractivity contribution < 1.29 is 4.92 Å². The van der Waals surface area contributed by atoms with Gasteiger partial charge in [-0.1, -0.05) is 45.9 Å². The highest BCUT2D eigenvalue weighted by Gasteiger charge is 2.13. The summed E-state index contributed by atoms with van der Waals surface area (Å²) < 4.78 is 0.996. The van der Waals surface area contributed by atoms with Crippen molar-refractivity contribution in [2.75, 3.05) is 7.05 Å². The van der Waals surface area contributed by atoms with Crippen LogP contribution >= 0.6 is 27.7 Å². The molecule has 0 atom stereocenters. The molecule has 20 heavy (non-hydrogen) atoms. The van der Waals surface area contributed by atoms with Crippen molar-refractivity contribution in [1.29, 1.82) is 0 Å². The quantitative estimate of drug-likeness (QED) is 0.646. The number of rotatable bonds is 5. The lowest BCUT2D eigenvalue weighted by Gasteiger charge is -2.07. The highest BCUT2D eigenvalue weighted by Crippen LogP contribution is 2.36. The Balaban J connectivity index is 2.27. The van der Waals surface area contributed by atoms with Gasteiger partial charge in [-0.2, -0.15) is 0 Å². The molecule has 0 unspecified atom stereocenters. The second kappa shape index (κ2) is 6.88. The van der Waals surface area contributed by atoms with Crippen LogP contribution in [0.3, 0.4) is 0 Å². The van der Waals surface area contributed by atoms with Crippen LogP contribution in [0, 0.1) is 10.1 Å². The summed E-state index contributed by atoms with van der Waals surface area (Å²) in [7, 11) is 1.89. The molecule has 0 bridgehead atoms. The van der Waals surface area contributed by atoms with E-state index >= 15 is 0 Å². The van der Waals surface area contributed by atoms with Gasteiger partial charge in [0.25, 0.3) is 5.69 Å². The first-order valence-corrected chi connectivity index (χ1v) is 7.57. The first-order chi connectivity index (χ1) is 9.61. The first kappa shape index (κ1) is 15.0. The Morgan fingerprint density at radius 2 is 2.05 bits per heavy atom. The van der Waals surface area contributed by atoms with E-state index in [4.69, 9.17) is 0 Å². The molecule has 0 radical (unpaired) electrons. The van der Waals surface area contributed by atoms with Crippen LogP contribution in [0.25, 0.3) is 0 Å². The molecule has 0 aromatic heterocycles. The second-order valence-electron chi connectivity index (χ2n) is 4.11. The number of benzene rings is 2. The van der Waals surface area contributed by atoms with Gasteiger partial charge in [-0.15, -0.1) is 0 Å². The van der Waals surface area contributed by atoms with E-state index in [1.165, 1.54) is 17.8 Å². The van der Waals surface area contributed by atoms with Crippen LogP contribution in [0.4, 0.5) is 5.69 Å². The van der Waals surface area contributed by atoms with Crippen molar-refractivity contribution in [2.24, 2.45) is 0 Å². The fraction of sp³-hybridized carbons (Fsp3) is 0.143. The minimum Gasteiger partial charge on any atom is -0.316 e. The Hall–Kier alpha value is -1.37. The van der Waals surface area contributed by atoms with Crippen LogP contribution in [-0.4, -0.2) is 12.0 Å². The molecule has 0 aliphatic rings. The van der Waals surface area contributed by atoms with Gasteiger partial charge in [-0.05, 0) is 30.8 Å². The fourth-order valence-electron chi connectivity index (χ4n) is 1.75. The Kier molecular flexibility index (Phi) is 5.17. The van der Waals surface area contributed by atoms with Crippen LogP contribution in [0.5, 0.6) is 0 Å². The zero-order chi connectivity index (χ0) is 14.5. The van der Waals surface area contributed by atoms with E-state index < -0.39 is 0 Å². The number of halogens is 1. The average molecular weight is 353 g/mol. The molecule has 2 aromatic carbocycles. The standard InChI is InChI=1S/C14H13BrN2O2S/c1-16-9-10-6-7-11(8-12(10)15)20-14-5-3-2-4-13(14)17(18)19/h2-8,16H,9H2,1H3. The number of nitrogens with one attached hydrogen (secondary N) is 1. The van der Waals surface area contributed by atoms with E-state index in [1.807, 2.05) is 25.2 Å². The zero-order valence-corrected chi connectivity index (χ0v) is 13.2. The molecule has 104 valence electrons. The lowest BCUT2D eigenvalue weighted by molar-refractivity contribution is -0.387. The first-order valence-electron chi connectivity index (χ1n) is 5.96. The lowest BCUT2D eigenvalue weighted by Crippen LogP contribution is -2.05. The topological polar surface area (TPSA) is 55.2 Å². The summed E-state index contributed by atoms with van der Waals surface area (Å²) in [6.45, 7) is 0.775. The van der Waals surface area contributed by atoms with Crippen molar-refractivity contribution >= 4 is 33.4 Å². The molecule has 0 spiro atoms. The number of nitro benzene ring substituents is 1. The average Bonchev–Trinajstić information content (AvgIpc) is 2.42. The maximum absolute atomic E-state index is 11.0. The van der Waals surface area contributed by atoms with E-state index in [1.54, 1.807) is 18.2 Å².